The zero-order valence-corrected chi connectivity index (χ0v) is 12.1. The highest BCUT2D eigenvalue weighted by Gasteiger charge is 2.41. The van der Waals surface area contributed by atoms with E-state index in [4.69, 9.17) is 5.73 Å². The molecule has 3 rings (SSSR count). The molecule has 0 amide bonds. The molecular formula is C16H16F3N3. The largest absolute Gasteiger partial charge is 0.418 e. The zero-order valence-electron chi connectivity index (χ0n) is 12.1. The molecule has 0 unspecified atom stereocenters. The first kappa shape index (κ1) is 14.8. The van der Waals surface area contributed by atoms with Crippen molar-refractivity contribution in [1.29, 1.82) is 0 Å². The standard InChI is InChI=1S/C16H16F3N3/c1-15(5-6-15)8-13-11(16(17,18)19)7-10(9-21-13)12-3-2-4-14(20)22-12/h2-4,7,9H,5-6,8H2,1H3,(H2,20,22). The van der Waals surface area contributed by atoms with Gasteiger partial charge in [-0.2, -0.15) is 13.2 Å². The minimum absolute atomic E-state index is 0.0378. The molecule has 2 heterocycles. The van der Waals surface area contributed by atoms with E-state index in [0.29, 0.717) is 17.7 Å². The van der Waals surface area contributed by atoms with Crippen molar-refractivity contribution in [2.75, 3.05) is 5.73 Å². The lowest BCUT2D eigenvalue weighted by Gasteiger charge is -2.16. The number of nitrogens with two attached hydrogens (primary N) is 1. The summed E-state index contributed by atoms with van der Waals surface area (Å²) in [6, 6.07) is 5.99. The minimum Gasteiger partial charge on any atom is -0.384 e. The number of hydrogen-bond acceptors (Lipinski definition) is 3. The zero-order chi connectivity index (χ0) is 16.0. The monoisotopic (exact) mass is 307 g/mol. The van der Waals surface area contributed by atoms with Crippen molar-refractivity contribution in [3.05, 3.63) is 41.7 Å². The summed E-state index contributed by atoms with van der Waals surface area (Å²) >= 11 is 0. The van der Waals surface area contributed by atoms with Crippen LogP contribution in [-0.2, 0) is 12.6 Å². The van der Waals surface area contributed by atoms with Gasteiger partial charge in [0.15, 0.2) is 0 Å². The third-order valence-corrected chi connectivity index (χ3v) is 4.04. The molecule has 0 aliphatic heterocycles. The third kappa shape index (κ3) is 3.05. The van der Waals surface area contributed by atoms with E-state index in [1.165, 1.54) is 6.20 Å². The average Bonchev–Trinajstić information content (AvgIpc) is 3.15. The van der Waals surface area contributed by atoms with Crippen LogP contribution in [0.15, 0.2) is 30.5 Å². The van der Waals surface area contributed by atoms with Gasteiger partial charge in [0.1, 0.15) is 5.82 Å². The van der Waals surface area contributed by atoms with E-state index in [2.05, 4.69) is 9.97 Å². The van der Waals surface area contributed by atoms with Gasteiger partial charge in [0.25, 0.3) is 0 Å². The Kier molecular flexibility index (Phi) is 3.34. The van der Waals surface area contributed by atoms with Gasteiger partial charge in [0.2, 0.25) is 0 Å². The van der Waals surface area contributed by atoms with Gasteiger partial charge >= 0.3 is 6.18 Å². The number of anilines is 1. The van der Waals surface area contributed by atoms with Crippen LogP contribution in [0.1, 0.15) is 31.0 Å². The molecule has 0 bridgehead atoms. The maximum atomic E-state index is 13.3. The van der Waals surface area contributed by atoms with E-state index >= 15 is 0 Å². The van der Waals surface area contributed by atoms with Crippen LogP contribution >= 0.6 is 0 Å². The average molecular weight is 307 g/mol. The molecule has 22 heavy (non-hydrogen) atoms. The number of hydrogen-bond donors (Lipinski definition) is 1. The number of nitrogens with zero attached hydrogens (tertiary/aromatic N) is 2. The summed E-state index contributed by atoms with van der Waals surface area (Å²) in [7, 11) is 0. The van der Waals surface area contributed by atoms with Gasteiger partial charge in [0, 0.05) is 11.8 Å². The predicted octanol–water partition coefficient (Wildman–Crippen LogP) is 4.09. The van der Waals surface area contributed by atoms with E-state index in [1.54, 1.807) is 18.2 Å². The Balaban J connectivity index is 2.04. The van der Waals surface area contributed by atoms with E-state index in [1.807, 2.05) is 6.92 Å². The first-order valence-corrected chi connectivity index (χ1v) is 7.06. The SMILES string of the molecule is CC1(Cc2ncc(-c3cccc(N)n3)cc2C(F)(F)F)CC1. The molecule has 0 atom stereocenters. The molecule has 116 valence electrons. The Morgan fingerprint density at radius 3 is 2.59 bits per heavy atom. The topological polar surface area (TPSA) is 51.8 Å². The predicted molar refractivity (Wildman–Crippen MR) is 77.9 cm³/mol. The molecule has 2 aromatic heterocycles. The summed E-state index contributed by atoms with van der Waals surface area (Å²) in [6.45, 7) is 1.99. The summed E-state index contributed by atoms with van der Waals surface area (Å²) in [5, 5.41) is 0. The van der Waals surface area contributed by atoms with Crippen molar-refractivity contribution in [1.82, 2.24) is 9.97 Å². The second-order valence-electron chi connectivity index (χ2n) is 6.15. The van der Waals surface area contributed by atoms with Crippen LogP contribution in [0.3, 0.4) is 0 Å². The fourth-order valence-corrected chi connectivity index (χ4v) is 2.43. The minimum atomic E-state index is -4.43. The van der Waals surface area contributed by atoms with Gasteiger partial charge < -0.3 is 5.73 Å². The lowest BCUT2D eigenvalue weighted by molar-refractivity contribution is -0.138. The Hall–Kier alpha value is -2.11. The lowest BCUT2D eigenvalue weighted by Crippen LogP contribution is -2.14. The summed E-state index contributed by atoms with van der Waals surface area (Å²) < 4.78 is 40.0. The van der Waals surface area contributed by atoms with Gasteiger partial charge in [-0.15, -0.1) is 0 Å². The van der Waals surface area contributed by atoms with E-state index in [9.17, 15) is 13.2 Å². The van der Waals surface area contributed by atoms with Crippen LogP contribution in [-0.4, -0.2) is 9.97 Å². The first-order valence-electron chi connectivity index (χ1n) is 7.06. The summed E-state index contributed by atoms with van der Waals surface area (Å²) in [5.74, 6) is 0.264. The molecule has 0 saturated heterocycles. The number of pyridine rings is 2. The summed E-state index contributed by atoms with van der Waals surface area (Å²) in [5.41, 5.74) is 5.70. The third-order valence-electron chi connectivity index (χ3n) is 4.04. The van der Waals surface area contributed by atoms with Crippen LogP contribution in [0.25, 0.3) is 11.3 Å². The highest BCUT2D eigenvalue weighted by Crippen LogP contribution is 2.49. The Labute approximate surface area is 126 Å². The van der Waals surface area contributed by atoms with Gasteiger partial charge in [-0.25, -0.2) is 4.98 Å². The van der Waals surface area contributed by atoms with Gasteiger partial charge in [0.05, 0.1) is 17.0 Å². The highest BCUT2D eigenvalue weighted by atomic mass is 19.4. The molecule has 1 fully saturated rings. The fraction of sp³-hybridized carbons (Fsp3) is 0.375. The number of rotatable bonds is 3. The van der Waals surface area contributed by atoms with Gasteiger partial charge in [-0.3, -0.25) is 4.98 Å². The van der Waals surface area contributed by atoms with E-state index < -0.39 is 11.7 Å². The molecule has 2 aromatic rings. The van der Waals surface area contributed by atoms with Crippen LogP contribution in [0, 0.1) is 5.41 Å². The van der Waals surface area contributed by atoms with Gasteiger partial charge in [-0.1, -0.05) is 13.0 Å². The first-order chi connectivity index (χ1) is 10.3. The number of halogens is 3. The number of aromatic nitrogens is 2. The second-order valence-corrected chi connectivity index (χ2v) is 6.15. The normalized spacial score (nSPS) is 16.5. The molecular weight excluding hydrogens is 291 g/mol. The molecule has 1 aliphatic rings. The molecule has 1 saturated carbocycles. The van der Waals surface area contributed by atoms with Crippen molar-refractivity contribution in [2.24, 2.45) is 5.41 Å². The Morgan fingerprint density at radius 1 is 1.27 bits per heavy atom. The number of nitrogen functional groups attached to an aromatic ring is 1. The molecule has 3 nitrogen and oxygen atoms in total. The van der Waals surface area contributed by atoms with Crippen molar-refractivity contribution in [3.8, 4) is 11.3 Å². The smallest absolute Gasteiger partial charge is 0.384 e. The molecule has 0 aromatic carbocycles. The van der Waals surface area contributed by atoms with Crippen LogP contribution in [0.2, 0.25) is 0 Å². The molecule has 1 aliphatic carbocycles. The van der Waals surface area contributed by atoms with Crippen molar-refractivity contribution in [2.45, 2.75) is 32.4 Å². The van der Waals surface area contributed by atoms with Crippen LogP contribution in [0.5, 0.6) is 0 Å². The van der Waals surface area contributed by atoms with Gasteiger partial charge in [-0.05, 0) is 42.9 Å². The summed E-state index contributed by atoms with van der Waals surface area (Å²) in [4.78, 5) is 8.13. The van der Waals surface area contributed by atoms with Crippen molar-refractivity contribution >= 4 is 5.82 Å². The lowest BCUT2D eigenvalue weighted by atomic mass is 9.97. The maximum absolute atomic E-state index is 13.3. The second kappa shape index (κ2) is 4.97. The highest BCUT2D eigenvalue weighted by molar-refractivity contribution is 5.61. The summed E-state index contributed by atoms with van der Waals surface area (Å²) in [6.07, 6.45) is -0.733. The number of alkyl halides is 3. The molecule has 0 spiro atoms. The Bertz CT molecular complexity index is 706. The molecule has 2 N–H and O–H groups in total. The van der Waals surface area contributed by atoms with Crippen LogP contribution in [0.4, 0.5) is 19.0 Å². The van der Waals surface area contributed by atoms with E-state index in [-0.39, 0.29) is 16.9 Å². The van der Waals surface area contributed by atoms with Crippen molar-refractivity contribution in [3.63, 3.8) is 0 Å². The molecule has 6 heteroatoms. The van der Waals surface area contributed by atoms with E-state index in [0.717, 1.165) is 18.9 Å². The van der Waals surface area contributed by atoms with Crippen LogP contribution < -0.4 is 5.73 Å². The maximum Gasteiger partial charge on any atom is 0.418 e. The van der Waals surface area contributed by atoms with Crippen molar-refractivity contribution < 1.29 is 13.2 Å². The Morgan fingerprint density at radius 2 is 2.00 bits per heavy atom. The molecule has 0 radical (unpaired) electrons. The quantitative estimate of drug-likeness (QED) is 0.929. The fourth-order valence-electron chi connectivity index (χ4n) is 2.43.